The fourth-order valence-corrected chi connectivity index (χ4v) is 4.42. The van der Waals surface area contributed by atoms with Gasteiger partial charge in [0, 0.05) is 22.3 Å². The number of rotatable bonds is 2. The third-order valence-corrected chi connectivity index (χ3v) is 6.09. The molecule has 0 bridgehead atoms. The number of nitrogens with zero attached hydrogens (tertiary/aromatic N) is 1. The minimum atomic E-state index is -0.350. The number of hydrogen-bond donors (Lipinski definition) is 2. The molecule has 1 aliphatic rings. The average Bonchev–Trinajstić information content (AvgIpc) is 2.80. The highest BCUT2D eigenvalue weighted by Gasteiger charge is 2.20. The molecule has 4 rings (SSSR count). The lowest BCUT2D eigenvalue weighted by atomic mass is 10.1. The fourth-order valence-electron chi connectivity index (χ4n) is 3.43. The van der Waals surface area contributed by atoms with Crippen LogP contribution in [0.25, 0.3) is 10.2 Å². The number of hydrogen-bond acceptors (Lipinski definition) is 4. The number of amides is 1. The number of fused-ring (bicyclic) bond motifs is 2. The van der Waals surface area contributed by atoms with Gasteiger partial charge in [-0.1, -0.05) is 12.5 Å². The van der Waals surface area contributed by atoms with Gasteiger partial charge in [0.05, 0.1) is 5.69 Å². The molecule has 2 heterocycles. The van der Waals surface area contributed by atoms with Crippen LogP contribution in [-0.2, 0) is 12.8 Å². The van der Waals surface area contributed by atoms with Gasteiger partial charge in [-0.2, -0.15) is 0 Å². The highest BCUT2D eigenvalue weighted by atomic mass is 32.1. The number of carbonyl (C=O) groups is 1. The van der Waals surface area contributed by atoms with Crippen molar-refractivity contribution in [2.75, 3.05) is 11.1 Å². The summed E-state index contributed by atoms with van der Waals surface area (Å²) in [5.41, 5.74) is 9.96. The third kappa shape index (κ3) is 2.94. The fraction of sp³-hybridized carbons (Fsp3) is 0.300. The smallest absolute Gasteiger partial charge is 0.267 e. The molecule has 0 radical (unpaired) electrons. The van der Waals surface area contributed by atoms with E-state index < -0.39 is 0 Å². The summed E-state index contributed by atoms with van der Waals surface area (Å²) in [6.07, 6.45) is 5.53. The van der Waals surface area contributed by atoms with Gasteiger partial charge in [-0.25, -0.2) is 9.37 Å². The Balaban J connectivity index is 1.71. The van der Waals surface area contributed by atoms with Crippen LogP contribution in [0.15, 0.2) is 24.3 Å². The lowest BCUT2D eigenvalue weighted by Gasteiger charge is -2.08. The van der Waals surface area contributed by atoms with E-state index >= 15 is 0 Å². The number of nitrogens with one attached hydrogen (secondary N) is 1. The Hall–Kier alpha value is -2.47. The number of thiophene rings is 1. The van der Waals surface area contributed by atoms with E-state index in [0.29, 0.717) is 21.8 Å². The van der Waals surface area contributed by atoms with Crippen molar-refractivity contribution in [3.05, 3.63) is 51.8 Å². The maximum Gasteiger partial charge on any atom is 0.267 e. The summed E-state index contributed by atoms with van der Waals surface area (Å²) in [7, 11) is 0. The second-order valence-electron chi connectivity index (χ2n) is 6.72. The van der Waals surface area contributed by atoms with Crippen LogP contribution in [0.5, 0.6) is 0 Å². The lowest BCUT2D eigenvalue weighted by molar-refractivity contribution is 0.103. The zero-order valence-electron chi connectivity index (χ0n) is 14.6. The first-order valence-electron chi connectivity index (χ1n) is 8.82. The molecular formula is C20H20FN3OS. The van der Waals surface area contributed by atoms with Gasteiger partial charge in [-0.15, -0.1) is 11.3 Å². The number of pyridine rings is 1. The molecule has 0 spiro atoms. The van der Waals surface area contributed by atoms with Crippen molar-refractivity contribution >= 4 is 38.8 Å². The van der Waals surface area contributed by atoms with E-state index in [0.717, 1.165) is 41.6 Å². The number of carbonyl (C=O) groups excluding carboxylic acids is 1. The Bertz CT molecular complexity index is 1010. The van der Waals surface area contributed by atoms with Crippen LogP contribution < -0.4 is 11.1 Å². The van der Waals surface area contributed by atoms with Crippen LogP contribution in [0.2, 0.25) is 0 Å². The van der Waals surface area contributed by atoms with E-state index in [2.05, 4.69) is 11.4 Å². The summed E-state index contributed by atoms with van der Waals surface area (Å²) in [6, 6.07) is 6.72. The van der Waals surface area contributed by atoms with Crippen molar-refractivity contribution < 1.29 is 9.18 Å². The van der Waals surface area contributed by atoms with E-state index in [1.54, 1.807) is 19.1 Å². The lowest BCUT2D eigenvalue weighted by Crippen LogP contribution is -2.13. The molecule has 0 fully saturated rings. The largest absolute Gasteiger partial charge is 0.397 e. The Morgan fingerprint density at radius 3 is 2.92 bits per heavy atom. The van der Waals surface area contributed by atoms with Gasteiger partial charge in [0.2, 0.25) is 0 Å². The summed E-state index contributed by atoms with van der Waals surface area (Å²) >= 11 is 1.30. The van der Waals surface area contributed by atoms with Crippen LogP contribution in [-0.4, -0.2) is 10.9 Å². The van der Waals surface area contributed by atoms with Gasteiger partial charge in [0.25, 0.3) is 5.91 Å². The zero-order valence-corrected chi connectivity index (χ0v) is 15.4. The Morgan fingerprint density at radius 1 is 1.27 bits per heavy atom. The predicted octanol–water partition coefficient (Wildman–Crippen LogP) is 4.85. The van der Waals surface area contributed by atoms with Gasteiger partial charge >= 0.3 is 0 Å². The molecule has 26 heavy (non-hydrogen) atoms. The molecule has 3 N–H and O–H groups in total. The second kappa shape index (κ2) is 6.68. The number of aromatic nitrogens is 1. The van der Waals surface area contributed by atoms with Gasteiger partial charge in [0.15, 0.2) is 0 Å². The maximum atomic E-state index is 13.7. The molecule has 0 unspecified atom stereocenters. The SMILES string of the molecule is Cc1c(F)cccc1NC(=O)c1sc2nc3c(cc2c1N)CCCCC3. The number of halogens is 1. The summed E-state index contributed by atoms with van der Waals surface area (Å²) in [6.45, 7) is 1.64. The van der Waals surface area contributed by atoms with Gasteiger partial charge in [-0.3, -0.25) is 4.79 Å². The van der Waals surface area contributed by atoms with Gasteiger partial charge < -0.3 is 11.1 Å². The first-order chi connectivity index (χ1) is 12.5. The van der Waals surface area contributed by atoms with E-state index in [1.165, 1.54) is 29.4 Å². The highest BCUT2D eigenvalue weighted by Crippen LogP contribution is 2.35. The van der Waals surface area contributed by atoms with Crippen molar-refractivity contribution in [2.45, 2.75) is 39.0 Å². The number of benzene rings is 1. The van der Waals surface area contributed by atoms with Gasteiger partial charge in [-0.05, 0) is 56.4 Å². The molecule has 1 aromatic carbocycles. The molecule has 2 aromatic heterocycles. The number of anilines is 2. The zero-order chi connectivity index (χ0) is 18.3. The standard InChI is InChI=1S/C20H20FN3OS/c1-11-14(21)7-5-9-15(11)23-19(25)18-17(22)13-10-12-6-3-2-4-8-16(12)24-20(13)26-18/h5,7,9-10H,2-4,6,8,22H2,1H3,(H,23,25). The molecule has 6 heteroatoms. The maximum absolute atomic E-state index is 13.7. The molecule has 1 aliphatic carbocycles. The van der Waals surface area contributed by atoms with Crippen LogP contribution in [0, 0.1) is 12.7 Å². The molecule has 1 amide bonds. The van der Waals surface area contributed by atoms with Crippen LogP contribution >= 0.6 is 11.3 Å². The molecule has 0 aliphatic heterocycles. The third-order valence-electron chi connectivity index (χ3n) is 4.97. The molecule has 3 aromatic rings. The summed E-state index contributed by atoms with van der Waals surface area (Å²) in [5, 5.41) is 3.62. The number of nitrogen functional groups attached to an aromatic ring is 1. The minimum absolute atomic E-state index is 0.325. The predicted molar refractivity (Wildman–Crippen MR) is 104 cm³/mol. The quantitative estimate of drug-likeness (QED) is 0.635. The average molecular weight is 369 g/mol. The van der Waals surface area contributed by atoms with E-state index in [-0.39, 0.29) is 11.7 Å². The molecular weight excluding hydrogens is 349 g/mol. The van der Waals surface area contributed by atoms with Crippen molar-refractivity contribution in [1.29, 1.82) is 0 Å². The van der Waals surface area contributed by atoms with E-state index in [4.69, 9.17) is 10.7 Å². The monoisotopic (exact) mass is 369 g/mol. The second-order valence-corrected chi connectivity index (χ2v) is 7.72. The molecule has 0 saturated heterocycles. The highest BCUT2D eigenvalue weighted by molar-refractivity contribution is 7.21. The van der Waals surface area contributed by atoms with Gasteiger partial charge in [0.1, 0.15) is 15.5 Å². The number of nitrogens with two attached hydrogens (primary N) is 1. The van der Waals surface area contributed by atoms with Crippen molar-refractivity contribution in [2.24, 2.45) is 0 Å². The molecule has 4 nitrogen and oxygen atoms in total. The Labute approximate surface area is 155 Å². The van der Waals surface area contributed by atoms with E-state index in [1.807, 2.05) is 0 Å². The number of aryl methyl sites for hydroxylation is 2. The molecule has 134 valence electrons. The van der Waals surface area contributed by atoms with Crippen molar-refractivity contribution in [3.8, 4) is 0 Å². The Kier molecular flexibility index (Phi) is 4.36. The van der Waals surface area contributed by atoms with Crippen molar-refractivity contribution in [1.82, 2.24) is 4.98 Å². The summed E-state index contributed by atoms with van der Waals surface area (Å²) < 4.78 is 13.7. The first-order valence-corrected chi connectivity index (χ1v) is 9.63. The first kappa shape index (κ1) is 17.0. The van der Waals surface area contributed by atoms with E-state index in [9.17, 15) is 9.18 Å². The molecule has 0 atom stereocenters. The molecule has 0 saturated carbocycles. The minimum Gasteiger partial charge on any atom is -0.397 e. The normalized spacial score (nSPS) is 14.1. The Morgan fingerprint density at radius 2 is 2.08 bits per heavy atom. The van der Waals surface area contributed by atoms with Crippen molar-refractivity contribution in [3.63, 3.8) is 0 Å². The summed E-state index contributed by atoms with van der Waals surface area (Å²) in [4.78, 5) is 18.7. The topological polar surface area (TPSA) is 68.0 Å². The van der Waals surface area contributed by atoms with Crippen LogP contribution in [0.3, 0.4) is 0 Å². The van der Waals surface area contributed by atoms with Crippen LogP contribution in [0.1, 0.15) is 45.8 Å². The van der Waals surface area contributed by atoms with Crippen LogP contribution in [0.4, 0.5) is 15.8 Å². The summed E-state index contributed by atoms with van der Waals surface area (Å²) in [5.74, 6) is -0.674.